The predicted octanol–water partition coefficient (Wildman–Crippen LogP) is 4.23. The largest absolute Gasteiger partial charge is 0.476 e. The Kier molecular flexibility index (Phi) is 3.97. The average molecular weight is 302 g/mol. The Morgan fingerprint density at radius 3 is 3.10 bits per heavy atom. The minimum absolute atomic E-state index is 0.595. The van der Waals surface area contributed by atoms with Crippen LogP contribution in [0, 0.1) is 0 Å². The maximum absolute atomic E-state index is 6.00. The van der Waals surface area contributed by atoms with E-state index in [2.05, 4.69) is 15.3 Å². The molecule has 0 atom stereocenters. The van der Waals surface area contributed by atoms with E-state index in [1.54, 1.807) is 6.20 Å². The van der Waals surface area contributed by atoms with Gasteiger partial charge in [-0.05, 0) is 36.8 Å². The number of ether oxygens (including phenoxy) is 1. The van der Waals surface area contributed by atoms with Crippen LogP contribution in [0.2, 0.25) is 5.02 Å². The van der Waals surface area contributed by atoms with E-state index in [-0.39, 0.29) is 0 Å². The number of hydrogen-bond acceptors (Lipinski definition) is 3. The lowest BCUT2D eigenvalue weighted by atomic mass is 10.2. The van der Waals surface area contributed by atoms with Crippen molar-refractivity contribution in [3.05, 3.63) is 53.3 Å². The van der Waals surface area contributed by atoms with E-state index in [1.807, 2.05) is 43.5 Å². The lowest BCUT2D eigenvalue weighted by Crippen LogP contribution is -2.03. The first-order chi connectivity index (χ1) is 10.3. The molecular weight excluding hydrogens is 286 g/mol. The van der Waals surface area contributed by atoms with Crippen molar-refractivity contribution in [3.8, 4) is 5.88 Å². The summed E-state index contributed by atoms with van der Waals surface area (Å²) in [5.74, 6) is 0.628. The van der Waals surface area contributed by atoms with Gasteiger partial charge in [-0.15, -0.1) is 0 Å². The molecule has 0 unspecified atom stereocenters. The molecule has 0 radical (unpaired) electrons. The van der Waals surface area contributed by atoms with Crippen molar-refractivity contribution >= 4 is 28.2 Å². The van der Waals surface area contributed by atoms with Crippen LogP contribution < -0.4 is 10.1 Å². The van der Waals surface area contributed by atoms with Gasteiger partial charge in [0.2, 0.25) is 5.88 Å². The van der Waals surface area contributed by atoms with Crippen LogP contribution >= 0.6 is 11.6 Å². The number of aromatic nitrogens is 2. The summed E-state index contributed by atoms with van der Waals surface area (Å²) in [5, 5.41) is 5.26. The summed E-state index contributed by atoms with van der Waals surface area (Å²) in [6.07, 6.45) is 3.72. The number of benzene rings is 1. The zero-order valence-electron chi connectivity index (χ0n) is 11.7. The topological polar surface area (TPSA) is 49.9 Å². The van der Waals surface area contributed by atoms with E-state index >= 15 is 0 Å². The number of pyridine rings is 1. The highest BCUT2D eigenvalue weighted by atomic mass is 35.5. The second-order valence-corrected chi connectivity index (χ2v) is 5.08. The third-order valence-corrected chi connectivity index (χ3v) is 3.49. The number of hydrogen-bond donors (Lipinski definition) is 2. The molecule has 5 heteroatoms. The normalized spacial score (nSPS) is 10.8. The molecule has 0 saturated heterocycles. The van der Waals surface area contributed by atoms with Crippen LogP contribution in [0.4, 0.5) is 5.69 Å². The van der Waals surface area contributed by atoms with Crippen LogP contribution in [-0.4, -0.2) is 16.6 Å². The molecular formula is C16H16ClN3O. The summed E-state index contributed by atoms with van der Waals surface area (Å²) in [4.78, 5) is 7.47. The number of H-pyrrole nitrogens is 1. The first-order valence-electron chi connectivity index (χ1n) is 6.85. The lowest BCUT2D eigenvalue weighted by Gasteiger charge is -2.10. The molecule has 3 rings (SSSR count). The van der Waals surface area contributed by atoms with Crippen LogP contribution in [-0.2, 0) is 6.54 Å². The van der Waals surface area contributed by atoms with Crippen LogP contribution in [0.15, 0.2) is 42.7 Å². The van der Waals surface area contributed by atoms with Gasteiger partial charge < -0.3 is 15.0 Å². The zero-order chi connectivity index (χ0) is 14.7. The van der Waals surface area contributed by atoms with Gasteiger partial charge in [0.05, 0.1) is 12.3 Å². The van der Waals surface area contributed by atoms with Gasteiger partial charge >= 0.3 is 0 Å². The van der Waals surface area contributed by atoms with Gasteiger partial charge in [-0.2, -0.15) is 0 Å². The molecule has 1 aromatic carbocycles. The van der Waals surface area contributed by atoms with Crippen LogP contribution in [0.25, 0.3) is 10.9 Å². The number of aromatic amines is 1. The SMILES string of the molecule is CCOc1ncccc1NCc1c[nH]c2cc(Cl)ccc12. The number of nitrogens with one attached hydrogen (secondary N) is 2. The molecule has 2 heterocycles. The molecule has 0 bridgehead atoms. The molecule has 0 aliphatic rings. The van der Waals surface area contributed by atoms with Gasteiger partial charge in [-0.1, -0.05) is 17.7 Å². The predicted molar refractivity (Wildman–Crippen MR) is 86.0 cm³/mol. The Labute approximate surface area is 128 Å². The fraction of sp³-hybridized carbons (Fsp3) is 0.188. The summed E-state index contributed by atoms with van der Waals surface area (Å²) < 4.78 is 5.51. The molecule has 3 aromatic rings. The number of anilines is 1. The summed E-state index contributed by atoms with van der Waals surface area (Å²) in [7, 11) is 0. The quantitative estimate of drug-likeness (QED) is 0.741. The van der Waals surface area contributed by atoms with E-state index < -0.39 is 0 Å². The highest BCUT2D eigenvalue weighted by Gasteiger charge is 2.07. The molecule has 2 N–H and O–H groups in total. The maximum Gasteiger partial charge on any atom is 0.237 e. The van der Waals surface area contributed by atoms with Gasteiger partial charge in [0, 0.05) is 34.9 Å². The smallest absolute Gasteiger partial charge is 0.237 e. The van der Waals surface area contributed by atoms with Gasteiger partial charge in [-0.25, -0.2) is 4.98 Å². The minimum Gasteiger partial charge on any atom is -0.476 e. The van der Waals surface area contributed by atoms with E-state index in [1.165, 1.54) is 5.56 Å². The number of halogens is 1. The molecule has 0 amide bonds. The molecule has 0 saturated carbocycles. The average Bonchev–Trinajstić information content (AvgIpc) is 2.89. The number of rotatable bonds is 5. The molecule has 0 aliphatic heterocycles. The van der Waals surface area contributed by atoms with Crippen molar-refractivity contribution in [3.63, 3.8) is 0 Å². The molecule has 0 aliphatic carbocycles. The summed E-state index contributed by atoms with van der Waals surface area (Å²) >= 11 is 6.00. The van der Waals surface area contributed by atoms with E-state index in [0.717, 1.165) is 21.6 Å². The second-order valence-electron chi connectivity index (χ2n) is 4.65. The molecule has 0 spiro atoms. The monoisotopic (exact) mass is 301 g/mol. The van der Waals surface area contributed by atoms with Crippen LogP contribution in [0.5, 0.6) is 5.88 Å². The number of fused-ring (bicyclic) bond motifs is 1. The minimum atomic E-state index is 0.595. The first-order valence-corrected chi connectivity index (χ1v) is 7.23. The summed E-state index contributed by atoms with van der Waals surface area (Å²) in [6, 6.07) is 9.70. The van der Waals surface area contributed by atoms with Gasteiger partial charge in [0.25, 0.3) is 0 Å². The fourth-order valence-electron chi connectivity index (χ4n) is 2.27. The standard InChI is InChI=1S/C16H16ClN3O/c1-2-21-16-14(4-3-7-18-16)19-9-11-10-20-15-8-12(17)5-6-13(11)15/h3-8,10,19-20H,2,9H2,1H3. The molecule has 4 nitrogen and oxygen atoms in total. The molecule has 0 fully saturated rings. The Morgan fingerprint density at radius 2 is 2.24 bits per heavy atom. The molecule has 108 valence electrons. The van der Waals surface area contributed by atoms with Gasteiger partial charge in [0.1, 0.15) is 0 Å². The molecule has 21 heavy (non-hydrogen) atoms. The summed E-state index contributed by atoms with van der Waals surface area (Å²) in [6.45, 7) is 3.23. The highest BCUT2D eigenvalue weighted by molar-refractivity contribution is 6.31. The van der Waals surface area contributed by atoms with Crippen molar-refractivity contribution in [2.24, 2.45) is 0 Å². The van der Waals surface area contributed by atoms with E-state index in [4.69, 9.17) is 16.3 Å². The third kappa shape index (κ3) is 2.95. The Balaban J connectivity index is 1.80. The van der Waals surface area contributed by atoms with Crippen molar-refractivity contribution in [1.29, 1.82) is 0 Å². The van der Waals surface area contributed by atoms with E-state index in [9.17, 15) is 0 Å². The highest BCUT2D eigenvalue weighted by Crippen LogP contribution is 2.25. The Hall–Kier alpha value is -2.20. The number of nitrogens with zero attached hydrogens (tertiary/aromatic N) is 1. The van der Waals surface area contributed by atoms with Crippen LogP contribution in [0.3, 0.4) is 0 Å². The third-order valence-electron chi connectivity index (χ3n) is 3.25. The van der Waals surface area contributed by atoms with Crippen LogP contribution in [0.1, 0.15) is 12.5 Å². The maximum atomic E-state index is 6.00. The van der Waals surface area contributed by atoms with Gasteiger partial charge in [-0.3, -0.25) is 0 Å². The van der Waals surface area contributed by atoms with Crippen molar-refractivity contribution in [1.82, 2.24) is 9.97 Å². The Bertz CT molecular complexity index is 754. The van der Waals surface area contributed by atoms with Gasteiger partial charge in [0.15, 0.2) is 0 Å². The van der Waals surface area contributed by atoms with Crippen molar-refractivity contribution < 1.29 is 4.74 Å². The first kappa shape index (κ1) is 13.8. The Morgan fingerprint density at radius 1 is 1.33 bits per heavy atom. The lowest BCUT2D eigenvalue weighted by molar-refractivity contribution is 0.328. The fourth-order valence-corrected chi connectivity index (χ4v) is 2.44. The summed E-state index contributed by atoms with van der Waals surface area (Å²) in [5.41, 5.74) is 3.10. The molecule has 2 aromatic heterocycles. The second kappa shape index (κ2) is 6.06. The van der Waals surface area contributed by atoms with Crippen molar-refractivity contribution in [2.75, 3.05) is 11.9 Å². The zero-order valence-corrected chi connectivity index (χ0v) is 12.4. The van der Waals surface area contributed by atoms with E-state index in [0.29, 0.717) is 19.0 Å². The van der Waals surface area contributed by atoms with Crippen molar-refractivity contribution in [2.45, 2.75) is 13.5 Å².